The number of rotatable bonds is 4. The number of benzene rings is 1. The van der Waals surface area contributed by atoms with Crippen molar-refractivity contribution in [1.29, 1.82) is 0 Å². The van der Waals surface area contributed by atoms with Crippen LogP contribution in [0.5, 0.6) is 11.5 Å². The molecule has 1 aliphatic rings. The van der Waals surface area contributed by atoms with Gasteiger partial charge in [-0.25, -0.2) is 19.7 Å². The lowest BCUT2D eigenvalue weighted by Crippen LogP contribution is -2.32. The predicted octanol–water partition coefficient (Wildman–Crippen LogP) is 3.02. The zero-order valence-corrected chi connectivity index (χ0v) is 16.2. The number of hydrogen-bond donors (Lipinski definition) is 2. The van der Waals surface area contributed by atoms with Gasteiger partial charge in [0.05, 0.1) is 11.7 Å². The lowest BCUT2D eigenvalue weighted by atomic mass is 10.3. The molecule has 1 aliphatic heterocycles. The Balaban J connectivity index is 1.47. The van der Waals surface area contributed by atoms with E-state index in [9.17, 15) is 13.6 Å². The second-order valence-electron chi connectivity index (χ2n) is 5.85. The maximum absolute atomic E-state index is 13.2. The first-order chi connectivity index (χ1) is 13.8. The second kappa shape index (κ2) is 7.24. The van der Waals surface area contributed by atoms with E-state index in [1.165, 1.54) is 23.1 Å². The average molecular weight is 468 g/mol. The first kappa shape index (κ1) is 19.0. The van der Waals surface area contributed by atoms with Crippen LogP contribution in [0.1, 0.15) is 18.8 Å². The van der Waals surface area contributed by atoms with E-state index in [4.69, 9.17) is 0 Å². The van der Waals surface area contributed by atoms with E-state index in [1.54, 1.807) is 25.4 Å². The molecule has 2 N–H and O–H groups in total. The van der Waals surface area contributed by atoms with Crippen LogP contribution in [0.4, 0.5) is 19.3 Å². The van der Waals surface area contributed by atoms with Crippen LogP contribution in [0.3, 0.4) is 0 Å². The Hall–Kier alpha value is -3.35. The zero-order chi connectivity index (χ0) is 20.6. The molecule has 0 fully saturated rings. The van der Waals surface area contributed by atoms with Crippen LogP contribution >= 0.6 is 15.9 Å². The van der Waals surface area contributed by atoms with Crippen LogP contribution in [0.15, 0.2) is 41.4 Å². The summed E-state index contributed by atoms with van der Waals surface area (Å²) in [5.41, 5.74) is 0.211. The molecule has 10 nitrogen and oxygen atoms in total. The van der Waals surface area contributed by atoms with Crippen molar-refractivity contribution in [2.24, 2.45) is 0 Å². The fraction of sp³-hybridized carbons (Fsp3) is 0.188. The number of halogens is 3. The number of nitrogens with zero attached hydrogens (tertiary/aromatic N) is 5. The van der Waals surface area contributed by atoms with Crippen molar-refractivity contribution in [3.63, 3.8) is 0 Å². The number of carbonyl (C=O) groups is 1. The minimum absolute atomic E-state index is 0.142. The van der Waals surface area contributed by atoms with Gasteiger partial charge in [0.15, 0.2) is 17.3 Å². The van der Waals surface area contributed by atoms with Crippen molar-refractivity contribution in [3.05, 3.63) is 47.2 Å². The number of aromatic nitrogens is 5. The third-order valence-electron chi connectivity index (χ3n) is 3.79. The van der Waals surface area contributed by atoms with Gasteiger partial charge in [-0.1, -0.05) is 0 Å². The number of nitrogens with one attached hydrogen (secondary N) is 2. The van der Waals surface area contributed by atoms with E-state index in [-0.39, 0.29) is 17.2 Å². The molecular formula is C16H12BrF2N7O3. The van der Waals surface area contributed by atoms with Gasteiger partial charge in [-0.3, -0.25) is 0 Å². The number of anilines is 1. The van der Waals surface area contributed by atoms with Gasteiger partial charge in [0.1, 0.15) is 6.33 Å². The van der Waals surface area contributed by atoms with E-state index in [1.807, 2.05) is 0 Å². The first-order valence-corrected chi connectivity index (χ1v) is 8.96. The van der Waals surface area contributed by atoms with Crippen LogP contribution in [0.25, 0.3) is 5.95 Å². The summed E-state index contributed by atoms with van der Waals surface area (Å²) in [4.78, 5) is 24.7. The Bertz CT molecular complexity index is 1060. The molecule has 0 spiro atoms. The summed E-state index contributed by atoms with van der Waals surface area (Å²) in [5.74, 6) is 0.365. The molecule has 2 aromatic heterocycles. The van der Waals surface area contributed by atoms with Gasteiger partial charge < -0.3 is 20.1 Å². The van der Waals surface area contributed by atoms with E-state index >= 15 is 0 Å². The van der Waals surface area contributed by atoms with Gasteiger partial charge in [0.2, 0.25) is 0 Å². The number of ether oxygens (including phenoxy) is 2. The molecule has 0 radical (unpaired) electrons. The Morgan fingerprint density at radius 2 is 1.90 bits per heavy atom. The molecule has 1 atom stereocenters. The predicted molar refractivity (Wildman–Crippen MR) is 97.9 cm³/mol. The Labute approximate surface area is 170 Å². The molecule has 1 aromatic carbocycles. The van der Waals surface area contributed by atoms with Gasteiger partial charge in [-0.05, 0) is 28.9 Å². The van der Waals surface area contributed by atoms with Crippen molar-refractivity contribution in [1.82, 2.24) is 30.0 Å². The topological polar surface area (TPSA) is 116 Å². The Kier molecular flexibility index (Phi) is 4.74. The monoisotopic (exact) mass is 467 g/mol. The van der Waals surface area contributed by atoms with Crippen molar-refractivity contribution < 1.29 is 23.0 Å². The summed E-state index contributed by atoms with van der Waals surface area (Å²) < 4.78 is 36.8. The highest BCUT2D eigenvalue weighted by Gasteiger charge is 2.43. The van der Waals surface area contributed by atoms with Gasteiger partial charge in [0.25, 0.3) is 5.95 Å². The first-order valence-electron chi connectivity index (χ1n) is 8.16. The molecule has 150 valence electrons. The molecular weight excluding hydrogens is 456 g/mol. The summed E-state index contributed by atoms with van der Waals surface area (Å²) >= 11 is 3.20. The molecule has 0 saturated carbocycles. The van der Waals surface area contributed by atoms with E-state index < -0.39 is 18.4 Å². The molecule has 0 bridgehead atoms. The highest BCUT2D eigenvalue weighted by atomic mass is 79.9. The minimum Gasteiger partial charge on any atom is -0.395 e. The van der Waals surface area contributed by atoms with Crippen LogP contribution in [0.2, 0.25) is 0 Å². The van der Waals surface area contributed by atoms with Gasteiger partial charge in [0, 0.05) is 29.0 Å². The molecule has 0 aliphatic carbocycles. The van der Waals surface area contributed by atoms with Crippen molar-refractivity contribution in [3.8, 4) is 17.4 Å². The third kappa shape index (κ3) is 3.94. The summed E-state index contributed by atoms with van der Waals surface area (Å²) in [6.45, 7) is 1.69. The lowest BCUT2D eigenvalue weighted by molar-refractivity contribution is -0.286. The molecule has 4 rings (SSSR count). The highest BCUT2D eigenvalue weighted by molar-refractivity contribution is 9.10. The summed E-state index contributed by atoms with van der Waals surface area (Å²) in [6, 6.07) is 2.99. The molecule has 2 amide bonds. The van der Waals surface area contributed by atoms with Crippen molar-refractivity contribution in [2.45, 2.75) is 19.3 Å². The molecule has 3 heterocycles. The maximum atomic E-state index is 13.2. The van der Waals surface area contributed by atoms with Crippen LogP contribution < -0.4 is 20.1 Å². The Morgan fingerprint density at radius 3 is 2.62 bits per heavy atom. The second-order valence-corrected chi connectivity index (χ2v) is 6.70. The average Bonchev–Trinajstić information content (AvgIpc) is 3.26. The summed E-state index contributed by atoms with van der Waals surface area (Å²) in [5, 5.41) is 9.30. The lowest BCUT2D eigenvalue weighted by Gasteiger charge is -2.15. The van der Waals surface area contributed by atoms with Gasteiger partial charge in [-0.2, -0.15) is 9.78 Å². The molecule has 13 heteroatoms. The van der Waals surface area contributed by atoms with Crippen molar-refractivity contribution in [2.75, 3.05) is 5.32 Å². The molecule has 1 unspecified atom stereocenters. The van der Waals surface area contributed by atoms with E-state index in [0.29, 0.717) is 16.2 Å². The van der Waals surface area contributed by atoms with Crippen LogP contribution in [-0.4, -0.2) is 37.1 Å². The fourth-order valence-corrected chi connectivity index (χ4v) is 3.01. The summed E-state index contributed by atoms with van der Waals surface area (Å²) in [6.07, 6.45) is 0.676. The molecule has 0 saturated heterocycles. The SMILES string of the molecule is CC(NC(=O)Nc1cc2c(cc1Br)OC(F)(F)O2)c1ncnn1-c1ncccn1. The normalized spacial score (nSPS) is 15.0. The van der Waals surface area contributed by atoms with Gasteiger partial charge in [-0.15, -0.1) is 8.78 Å². The van der Waals surface area contributed by atoms with Gasteiger partial charge >= 0.3 is 12.3 Å². The Morgan fingerprint density at radius 1 is 1.21 bits per heavy atom. The molecule has 29 heavy (non-hydrogen) atoms. The van der Waals surface area contributed by atoms with Crippen LogP contribution in [0, 0.1) is 0 Å². The number of urea groups is 1. The van der Waals surface area contributed by atoms with E-state index in [2.05, 4.69) is 56.1 Å². The number of alkyl halides is 2. The number of fused-ring (bicyclic) bond motifs is 1. The largest absolute Gasteiger partial charge is 0.586 e. The fourth-order valence-electron chi connectivity index (χ4n) is 2.59. The van der Waals surface area contributed by atoms with Crippen molar-refractivity contribution >= 4 is 27.6 Å². The third-order valence-corrected chi connectivity index (χ3v) is 4.45. The summed E-state index contributed by atoms with van der Waals surface area (Å²) in [7, 11) is 0. The highest BCUT2D eigenvalue weighted by Crippen LogP contribution is 2.45. The number of hydrogen-bond acceptors (Lipinski definition) is 7. The quantitative estimate of drug-likeness (QED) is 0.605. The number of carbonyl (C=O) groups excluding carboxylic acids is 1. The smallest absolute Gasteiger partial charge is 0.395 e. The zero-order valence-electron chi connectivity index (χ0n) is 14.6. The maximum Gasteiger partial charge on any atom is 0.586 e. The standard InChI is InChI=1S/C16H12BrF2N7O3/c1-8(13-22-7-23-26(13)14-20-3-2-4-21-14)24-15(27)25-10-6-12-11(5-9(10)17)28-16(18,19)29-12/h2-8H,1H3,(H2,24,25,27). The molecule has 3 aromatic rings. The van der Waals surface area contributed by atoms with E-state index in [0.717, 1.165) is 0 Å². The number of amides is 2. The minimum atomic E-state index is -3.75. The van der Waals surface area contributed by atoms with Crippen LogP contribution in [-0.2, 0) is 0 Å².